The molecular weight excluding hydrogens is 259 g/mol. The zero-order chi connectivity index (χ0) is 14.2. The first-order valence-corrected chi connectivity index (χ1v) is 6.00. The standard InChI is InChI=1S/C13H14F3NO2/c1-8-6-9-4-2-3-5-17(12(18)19)11(9)7-10(8)13(14,15)16/h6-7H,2-5H2,1H3,(H,18,19)/p-1. The molecule has 0 aliphatic carbocycles. The minimum atomic E-state index is -4.48. The number of carbonyl (C=O) groups excluding carboxylic acids is 1. The van der Waals surface area contributed by atoms with Crippen molar-refractivity contribution in [3.63, 3.8) is 0 Å². The summed E-state index contributed by atoms with van der Waals surface area (Å²) in [6, 6.07) is 2.35. The van der Waals surface area contributed by atoms with E-state index < -0.39 is 17.8 Å². The minimum Gasteiger partial charge on any atom is -0.530 e. The van der Waals surface area contributed by atoms with Gasteiger partial charge in [0.2, 0.25) is 0 Å². The van der Waals surface area contributed by atoms with Crippen molar-refractivity contribution in [2.24, 2.45) is 0 Å². The smallest absolute Gasteiger partial charge is 0.416 e. The molecule has 0 atom stereocenters. The molecule has 1 amide bonds. The van der Waals surface area contributed by atoms with Gasteiger partial charge in [-0.25, -0.2) is 0 Å². The largest absolute Gasteiger partial charge is 0.530 e. The van der Waals surface area contributed by atoms with Crippen molar-refractivity contribution >= 4 is 11.8 Å². The number of carboxylic acid groups (broad SMARTS) is 1. The van der Waals surface area contributed by atoms with E-state index >= 15 is 0 Å². The Morgan fingerprint density at radius 2 is 2.00 bits per heavy atom. The predicted octanol–water partition coefficient (Wildman–Crippen LogP) is 2.50. The predicted molar refractivity (Wildman–Crippen MR) is 61.9 cm³/mol. The fourth-order valence-corrected chi connectivity index (χ4v) is 2.41. The van der Waals surface area contributed by atoms with Crippen LogP contribution in [-0.2, 0) is 12.6 Å². The van der Waals surface area contributed by atoms with Crippen molar-refractivity contribution in [2.45, 2.75) is 32.4 Å². The summed E-state index contributed by atoms with van der Waals surface area (Å²) in [5.74, 6) is 0. The van der Waals surface area contributed by atoms with Crippen molar-refractivity contribution in [1.82, 2.24) is 0 Å². The molecule has 0 aromatic heterocycles. The van der Waals surface area contributed by atoms with Crippen LogP contribution in [0, 0.1) is 6.92 Å². The highest BCUT2D eigenvalue weighted by molar-refractivity contribution is 5.86. The van der Waals surface area contributed by atoms with E-state index in [9.17, 15) is 23.1 Å². The Bertz CT molecular complexity index is 511. The summed E-state index contributed by atoms with van der Waals surface area (Å²) in [4.78, 5) is 11.9. The number of nitrogens with zero attached hydrogens (tertiary/aromatic N) is 1. The van der Waals surface area contributed by atoms with E-state index in [0.29, 0.717) is 18.4 Å². The second-order valence-corrected chi connectivity index (χ2v) is 4.67. The van der Waals surface area contributed by atoms with Gasteiger partial charge in [-0.15, -0.1) is 0 Å². The number of hydrogen-bond donors (Lipinski definition) is 0. The Labute approximate surface area is 108 Å². The number of carbonyl (C=O) groups is 1. The van der Waals surface area contributed by atoms with E-state index in [1.165, 1.54) is 13.0 Å². The molecule has 3 nitrogen and oxygen atoms in total. The van der Waals surface area contributed by atoms with Crippen LogP contribution in [0.5, 0.6) is 0 Å². The third kappa shape index (κ3) is 2.67. The Balaban J connectivity index is 2.59. The fraction of sp³-hybridized carbons (Fsp3) is 0.462. The van der Waals surface area contributed by atoms with Gasteiger partial charge < -0.3 is 14.8 Å². The molecular formula is C13H13F3NO2-. The van der Waals surface area contributed by atoms with Crippen molar-refractivity contribution in [3.8, 4) is 0 Å². The van der Waals surface area contributed by atoms with Crippen LogP contribution < -0.4 is 10.0 Å². The molecule has 0 unspecified atom stereocenters. The lowest BCUT2D eigenvalue weighted by atomic mass is 9.99. The molecule has 1 aromatic carbocycles. The molecule has 1 heterocycles. The van der Waals surface area contributed by atoms with E-state index in [-0.39, 0.29) is 17.8 Å². The van der Waals surface area contributed by atoms with Crippen LogP contribution in [0.3, 0.4) is 0 Å². The molecule has 1 aliphatic rings. The van der Waals surface area contributed by atoms with Crippen LogP contribution in [0.15, 0.2) is 12.1 Å². The number of hydrogen-bond acceptors (Lipinski definition) is 2. The first-order valence-electron chi connectivity index (χ1n) is 6.00. The molecule has 1 aliphatic heterocycles. The summed E-state index contributed by atoms with van der Waals surface area (Å²) in [6.07, 6.45) is -3.99. The number of aryl methyl sites for hydroxylation is 2. The number of fused-ring (bicyclic) bond motifs is 1. The summed E-state index contributed by atoms with van der Waals surface area (Å²) < 4.78 is 38.6. The van der Waals surface area contributed by atoms with Gasteiger partial charge in [0.15, 0.2) is 0 Å². The molecule has 2 rings (SSSR count). The lowest BCUT2D eigenvalue weighted by molar-refractivity contribution is -0.246. The lowest BCUT2D eigenvalue weighted by Crippen LogP contribution is -2.42. The van der Waals surface area contributed by atoms with Crippen LogP contribution in [0.25, 0.3) is 0 Å². The van der Waals surface area contributed by atoms with Crippen molar-refractivity contribution < 1.29 is 23.1 Å². The van der Waals surface area contributed by atoms with Gasteiger partial charge in [0.05, 0.1) is 5.56 Å². The maximum atomic E-state index is 12.9. The molecule has 0 radical (unpaired) electrons. The number of amides is 1. The van der Waals surface area contributed by atoms with Crippen LogP contribution in [0.1, 0.15) is 29.5 Å². The zero-order valence-electron chi connectivity index (χ0n) is 10.4. The number of alkyl halides is 3. The second kappa shape index (κ2) is 4.75. The number of benzene rings is 1. The molecule has 0 spiro atoms. The first kappa shape index (κ1) is 13.7. The van der Waals surface area contributed by atoms with Crippen molar-refractivity contribution in [1.29, 1.82) is 0 Å². The normalized spacial score (nSPS) is 15.9. The van der Waals surface area contributed by atoms with Gasteiger partial charge >= 0.3 is 6.18 Å². The summed E-state index contributed by atoms with van der Waals surface area (Å²) in [5.41, 5.74) is 0.0634. The molecule has 6 heteroatoms. The van der Waals surface area contributed by atoms with Crippen LogP contribution in [-0.4, -0.2) is 12.6 Å². The van der Waals surface area contributed by atoms with Gasteiger partial charge in [0.1, 0.15) is 6.09 Å². The molecule has 0 saturated carbocycles. The summed E-state index contributed by atoms with van der Waals surface area (Å²) in [7, 11) is 0. The summed E-state index contributed by atoms with van der Waals surface area (Å²) in [6.45, 7) is 1.56. The maximum absolute atomic E-state index is 12.9. The first-order chi connectivity index (χ1) is 8.80. The molecule has 1 aromatic rings. The highest BCUT2D eigenvalue weighted by Crippen LogP contribution is 2.37. The van der Waals surface area contributed by atoms with E-state index in [1.54, 1.807) is 0 Å². The van der Waals surface area contributed by atoms with E-state index in [2.05, 4.69) is 0 Å². The van der Waals surface area contributed by atoms with Crippen LogP contribution in [0.4, 0.5) is 23.7 Å². The van der Waals surface area contributed by atoms with Gasteiger partial charge in [-0.05, 0) is 43.4 Å². The third-order valence-corrected chi connectivity index (χ3v) is 3.32. The van der Waals surface area contributed by atoms with Gasteiger partial charge in [-0.2, -0.15) is 13.2 Å². The molecule has 0 saturated heterocycles. The Morgan fingerprint density at radius 1 is 1.32 bits per heavy atom. The summed E-state index contributed by atoms with van der Waals surface area (Å²) in [5, 5.41) is 11.0. The Hall–Kier alpha value is -1.72. The highest BCUT2D eigenvalue weighted by Gasteiger charge is 2.34. The molecule has 0 bridgehead atoms. The van der Waals surface area contributed by atoms with E-state index in [4.69, 9.17) is 0 Å². The molecule has 0 fully saturated rings. The van der Waals surface area contributed by atoms with Gasteiger partial charge in [0.25, 0.3) is 0 Å². The van der Waals surface area contributed by atoms with Gasteiger partial charge in [-0.1, -0.05) is 6.07 Å². The molecule has 0 N–H and O–H groups in total. The third-order valence-electron chi connectivity index (χ3n) is 3.32. The van der Waals surface area contributed by atoms with E-state index in [1.807, 2.05) is 0 Å². The SMILES string of the molecule is Cc1cc2c(cc1C(F)(F)F)N(C(=O)[O-])CCCC2. The van der Waals surface area contributed by atoms with Gasteiger partial charge in [0, 0.05) is 12.2 Å². The number of rotatable bonds is 0. The zero-order valence-corrected chi connectivity index (χ0v) is 10.4. The average Bonchev–Trinajstić information content (AvgIpc) is 2.48. The summed E-state index contributed by atoms with van der Waals surface area (Å²) >= 11 is 0. The number of halogens is 3. The van der Waals surface area contributed by atoms with Crippen molar-refractivity contribution in [2.75, 3.05) is 11.4 Å². The maximum Gasteiger partial charge on any atom is 0.416 e. The van der Waals surface area contributed by atoms with Crippen LogP contribution >= 0.6 is 0 Å². The minimum absolute atomic E-state index is 0.107. The molecule has 104 valence electrons. The Kier molecular flexibility index (Phi) is 3.43. The lowest BCUT2D eigenvalue weighted by Gasteiger charge is -2.26. The van der Waals surface area contributed by atoms with Crippen molar-refractivity contribution in [3.05, 3.63) is 28.8 Å². The Morgan fingerprint density at radius 3 is 2.58 bits per heavy atom. The number of anilines is 1. The molecule has 19 heavy (non-hydrogen) atoms. The highest BCUT2D eigenvalue weighted by atomic mass is 19.4. The second-order valence-electron chi connectivity index (χ2n) is 4.67. The van der Waals surface area contributed by atoms with Crippen LogP contribution in [0.2, 0.25) is 0 Å². The van der Waals surface area contributed by atoms with E-state index in [0.717, 1.165) is 17.4 Å². The topological polar surface area (TPSA) is 43.4 Å². The quantitative estimate of drug-likeness (QED) is 0.728. The monoisotopic (exact) mass is 272 g/mol. The average molecular weight is 272 g/mol. The fourth-order valence-electron chi connectivity index (χ4n) is 2.41. The van der Waals surface area contributed by atoms with Gasteiger partial charge in [-0.3, -0.25) is 0 Å².